The predicted octanol–water partition coefficient (Wildman–Crippen LogP) is 4.88. The summed E-state index contributed by atoms with van der Waals surface area (Å²) in [7, 11) is 0. The van der Waals surface area contributed by atoms with Crippen molar-refractivity contribution in [1.82, 2.24) is 5.43 Å². The minimum atomic E-state index is -0.723. The standard InChI is InChI=1S/C21H13Cl2N3O5/c22-18-9-6-14(11-19(18)23)20(27)25-24-12-13-4-7-17(8-5-13)31-21(28)15-2-1-3-16(10-15)26(29)30/h1-12H,(H,25,27)/b24-12-. The first-order valence-corrected chi connectivity index (χ1v) is 9.44. The van der Waals surface area contributed by atoms with Gasteiger partial charge in [0.2, 0.25) is 0 Å². The minimum absolute atomic E-state index is 0.0601. The molecule has 0 radical (unpaired) electrons. The van der Waals surface area contributed by atoms with E-state index < -0.39 is 16.8 Å². The SMILES string of the molecule is O=C(N/N=C\c1ccc(OC(=O)c2cccc([N+](=O)[O-])c2)cc1)c1ccc(Cl)c(Cl)c1. The summed E-state index contributed by atoms with van der Waals surface area (Å²) in [4.78, 5) is 34.4. The molecule has 3 rings (SSSR count). The summed E-state index contributed by atoms with van der Waals surface area (Å²) in [6.45, 7) is 0. The Morgan fingerprint density at radius 2 is 1.71 bits per heavy atom. The highest BCUT2D eigenvalue weighted by molar-refractivity contribution is 6.42. The number of hydrogen-bond donors (Lipinski definition) is 1. The summed E-state index contributed by atoms with van der Waals surface area (Å²) in [5, 5.41) is 15.3. The molecule has 3 aromatic carbocycles. The predicted molar refractivity (Wildman–Crippen MR) is 116 cm³/mol. The zero-order valence-electron chi connectivity index (χ0n) is 15.6. The van der Waals surface area contributed by atoms with Crippen molar-refractivity contribution >= 4 is 47.0 Å². The van der Waals surface area contributed by atoms with Crippen LogP contribution in [0.4, 0.5) is 5.69 Å². The van der Waals surface area contributed by atoms with Gasteiger partial charge in [0, 0.05) is 17.7 Å². The number of nitrogens with one attached hydrogen (secondary N) is 1. The number of amides is 1. The molecule has 0 saturated carbocycles. The van der Waals surface area contributed by atoms with E-state index in [1.807, 2.05) is 0 Å². The van der Waals surface area contributed by atoms with E-state index in [0.29, 0.717) is 16.1 Å². The van der Waals surface area contributed by atoms with E-state index in [1.54, 1.807) is 12.1 Å². The number of rotatable bonds is 6. The number of nitrogens with zero attached hydrogens (tertiary/aromatic N) is 2. The molecule has 0 fully saturated rings. The number of carbonyl (C=O) groups is 2. The maximum Gasteiger partial charge on any atom is 0.343 e. The first-order chi connectivity index (χ1) is 14.8. The minimum Gasteiger partial charge on any atom is -0.423 e. The number of benzene rings is 3. The zero-order chi connectivity index (χ0) is 22.4. The lowest BCUT2D eigenvalue weighted by molar-refractivity contribution is -0.384. The molecule has 10 heteroatoms. The number of ether oxygens (including phenoxy) is 1. The molecule has 0 aromatic heterocycles. The highest BCUT2D eigenvalue weighted by atomic mass is 35.5. The molecule has 8 nitrogen and oxygen atoms in total. The molecule has 0 aliphatic rings. The van der Waals surface area contributed by atoms with Gasteiger partial charge >= 0.3 is 5.97 Å². The quantitative estimate of drug-likeness (QED) is 0.186. The number of hydrogen-bond acceptors (Lipinski definition) is 6. The maximum atomic E-state index is 12.2. The molecule has 0 spiro atoms. The monoisotopic (exact) mass is 457 g/mol. The van der Waals surface area contributed by atoms with Crippen LogP contribution in [0.25, 0.3) is 0 Å². The van der Waals surface area contributed by atoms with Gasteiger partial charge in [-0.2, -0.15) is 5.10 Å². The molecule has 1 amide bonds. The first-order valence-electron chi connectivity index (χ1n) is 8.68. The average Bonchev–Trinajstić information content (AvgIpc) is 2.76. The van der Waals surface area contributed by atoms with Gasteiger partial charge in [0.1, 0.15) is 5.75 Å². The van der Waals surface area contributed by atoms with Gasteiger partial charge in [-0.3, -0.25) is 14.9 Å². The van der Waals surface area contributed by atoms with Crippen LogP contribution in [0.15, 0.2) is 71.8 Å². The second-order valence-corrected chi connectivity index (χ2v) is 6.91. The summed E-state index contributed by atoms with van der Waals surface area (Å²) < 4.78 is 5.21. The molecule has 3 aromatic rings. The van der Waals surface area contributed by atoms with Crippen LogP contribution in [-0.2, 0) is 0 Å². The lowest BCUT2D eigenvalue weighted by atomic mass is 10.2. The first kappa shape index (κ1) is 21.9. The molecule has 0 unspecified atom stereocenters. The molecule has 0 saturated heterocycles. The van der Waals surface area contributed by atoms with E-state index in [4.69, 9.17) is 27.9 Å². The second kappa shape index (κ2) is 9.84. The van der Waals surface area contributed by atoms with Crippen molar-refractivity contribution in [2.75, 3.05) is 0 Å². The van der Waals surface area contributed by atoms with E-state index in [0.717, 1.165) is 6.07 Å². The van der Waals surface area contributed by atoms with Crippen molar-refractivity contribution in [3.05, 3.63) is 104 Å². The highest BCUT2D eigenvalue weighted by Gasteiger charge is 2.13. The Balaban J connectivity index is 1.59. The summed E-state index contributed by atoms with van der Waals surface area (Å²) in [5.41, 5.74) is 3.15. The third-order valence-electron chi connectivity index (χ3n) is 3.94. The van der Waals surface area contributed by atoms with Crippen LogP contribution in [-0.4, -0.2) is 23.0 Å². The molecule has 1 N–H and O–H groups in total. The van der Waals surface area contributed by atoms with Crippen LogP contribution in [0.1, 0.15) is 26.3 Å². The maximum absolute atomic E-state index is 12.2. The van der Waals surface area contributed by atoms with Gasteiger partial charge in [0.15, 0.2) is 0 Å². The number of halogens is 2. The van der Waals surface area contributed by atoms with Crippen molar-refractivity contribution in [2.45, 2.75) is 0 Å². The molecule has 0 atom stereocenters. The third-order valence-corrected chi connectivity index (χ3v) is 4.68. The zero-order valence-corrected chi connectivity index (χ0v) is 17.1. The number of carbonyl (C=O) groups excluding carboxylic acids is 2. The molecule has 0 aliphatic heterocycles. The highest BCUT2D eigenvalue weighted by Crippen LogP contribution is 2.22. The number of hydrazone groups is 1. The van der Waals surface area contributed by atoms with Gasteiger partial charge in [-0.25, -0.2) is 10.2 Å². The molecule has 0 bridgehead atoms. The number of nitro benzene ring substituents is 1. The van der Waals surface area contributed by atoms with Crippen molar-refractivity contribution in [3.63, 3.8) is 0 Å². The van der Waals surface area contributed by atoms with E-state index in [2.05, 4.69) is 10.5 Å². The van der Waals surface area contributed by atoms with Crippen LogP contribution < -0.4 is 10.2 Å². The fourth-order valence-electron chi connectivity index (χ4n) is 2.40. The molecule has 0 heterocycles. The van der Waals surface area contributed by atoms with Crippen LogP contribution in [0.5, 0.6) is 5.75 Å². The summed E-state index contributed by atoms with van der Waals surface area (Å²) in [6.07, 6.45) is 1.40. The fourth-order valence-corrected chi connectivity index (χ4v) is 2.70. The normalized spacial score (nSPS) is 10.6. The van der Waals surface area contributed by atoms with Gasteiger partial charge in [-0.1, -0.05) is 29.3 Å². The van der Waals surface area contributed by atoms with Gasteiger partial charge in [0.25, 0.3) is 11.6 Å². The van der Waals surface area contributed by atoms with Gasteiger partial charge < -0.3 is 4.74 Å². The Bertz CT molecular complexity index is 1180. The number of non-ortho nitro benzene ring substituents is 1. The van der Waals surface area contributed by atoms with Crippen molar-refractivity contribution in [3.8, 4) is 5.75 Å². The Kier molecular flexibility index (Phi) is 6.96. The Hall–Kier alpha value is -3.75. The van der Waals surface area contributed by atoms with Crippen molar-refractivity contribution in [2.24, 2.45) is 5.10 Å². The van der Waals surface area contributed by atoms with Crippen LogP contribution >= 0.6 is 23.2 Å². The smallest absolute Gasteiger partial charge is 0.343 e. The third kappa shape index (κ3) is 5.88. The van der Waals surface area contributed by atoms with E-state index in [9.17, 15) is 19.7 Å². The van der Waals surface area contributed by atoms with Gasteiger partial charge in [0.05, 0.1) is 26.7 Å². The van der Waals surface area contributed by atoms with Crippen LogP contribution in [0.2, 0.25) is 10.0 Å². The van der Waals surface area contributed by atoms with E-state index in [1.165, 1.54) is 54.7 Å². The summed E-state index contributed by atoms with van der Waals surface area (Å²) >= 11 is 11.7. The summed E-state index contributed by atoms with van der Waals surface area (Å²) in [5.74, 6) is -0.940. The largest absolute Gasteiger partial charge is 0.423 e. The fraction of sp³-hybridized carbons (Fsp3) is 0. The molecular weight excluding hydrogens is 445 g/mol. The molecule has 156 valence electrons. The molecule has 0 aliphatic carbocycles. The van der Waals surface area contributed by atoms with Gasteiger partial charge in [-0.05, 0) is 54.1 Å². The Morgan fingerprint density at radius 1 is 0.968 bits per heavy atom. The Labute approximate surface area is 186 Å². The average molecular weight is 458 g/mol. The molecule has 31 heavy (non-hydrogen) atoms. The molecular formula is C21H13Cl2N3O5. The Morgan fingerprint density at radius 3 is 2.39 bits per heavy atom. The van der Waals surface area contributed by atoms with E-state index >= 15 is 0 Å². The van der Waals surface area contributed by atoms with Crippen LogP contribution in [0, 0.1) is 10.1 Å². The van der Waals surface area contributed by atoms with E-state index in [-0.39, 0.29) is 22.0 Å². The topological polar surface area (TPSA) is 111 Å². The number of nitro groups is 1. The summed E-state index contributed by atoms with van der Waals surface area (Å²) in [6, 6.07) is 16.0. The lowest BCUT2D eigenvalue weighted by Crippen LogP contribution is -2.17. The van der Waals surface area contributed by atoms with Gasteiger partial charge in [-0.15, -0.1) is 0 Å². The van der Waals surface area contributed by atoms with Crippen molar-refractivity contribution < 1.29 is 19.2 Å². The van der Waals surface area contributed by atoms with Crippen LogP contribution in [0.3, 0.4) is 0 Å². The number of esters is 1. The second-order valence-electron chi connectivity index (χ2n) is 6.09. The lowest BCUT2D eigenvalue weighted by Gasteiger charge is -2.05. The van der Waals surface area contributed by atoms with Crippen molar-refractivity contribution in [1.29, 1.82) is 0 Å².